The molecule has 1 rings (SSSR count). The molecule has 0 bridgehead atoms. The number of hydrogen-bond donors (Lipinski definition) is 1. The van der Waals surface area contributed by atoms with Gasteiger partial charge in [0.1, 0.15) is 0 Å². The van der Waals surface area contributed by atoms with Crippen molar-refractivity contribution in [3.8, 4) is 6.07 Å². The molecule has 0 aliphatic carbocycles. The molecule has 0 heterocycles. The molecule has 1 amide bonds. The smallest absolute Gasteiger partial charge is 0.255 e. The second-order valence-electron chi connectivity index (χ2n) is 4.71. The highest BCUT2D eigenvalue weighted by Gasteiger charge is 2.18. The lowest BCUT2D eigenvalue weighted by atomic mass is 10.1. The van der Waals surface area contributed by atoms with Gasteiger partial charge in [0, 0.05) is 22.5 Å². The Hall–Kier alpha value is -0.990. The topological polar surface area (TPSA) is 44.1 Å². The van der Waals surface area contributed by atoms with Gasteiger partial charge in [-0.25, -0.2) is 0 Å². The van der Waals surface area contributed by atoms with E-state index in [0.717, 1.165) is 4.47 Å². The van der Waals surface area contributed by atoms with E-state index in [1.54, 1.807) is 17.0 Å². The molecule has 0 saturated heterocycles. The zero-order valence-corrected chi connectivity index (χ0v) is 13.5. The summed E-state index contributed by atoms with van der Waals surface area (Å²) in [6.45, 7) is 5.20. The van der Waals surface area contributed by atoms with Gasteiger partial charge in [-0.2, -0.15) is 5.26 Å². The summed E-state index contributed by atoms with van der Waals surface area (Å²) in [6, 6.07) is 7.46. The maximum absolute atomic E-state index is 12.5. The van der Waals surface area contributed by atoms with Gasteiger partial charge in [0.15, 0.2) is 0 Å². The molecule has 0 aliphatic heterocycles. The van der Waals surface area contributed by atoms with Crippen LogP contribution in [0.15, 0.2) is 27.6 Å². The predicted octanol–water partition coefficient (Wildman–Crippen LogP) is 3.75. The van der Waals surface area contributed by atoms with Gasteiger partial charge in [-0.3, -0.25) is 4.79 Å². The second-order valence-corrected chi connectivity index (χ2v) is 6.11. The maximum atomic E-state index is 12.5. The van der Waals surface area contributed by atoms with Crippen LogP contribution in [-0.2, 0) is 0 Å². The lowest BCUT2D eigenvalue weighted by Gasteiger charge is -2.24. The van der Waals surface area contributed by atoms with Crippen molar-refractivity contribution in [1.82, 2.24) is 4.90 Å². The van der Waals surface area contributed by atoms with Gasteiger partial charge in [0.2, 0.25) is 0 Å². The van der Waals surface area contributed by atoms with E-state index >= 15 is 0 Å². The first kappa shape index (κ1) is 16.1. The number of carbonyl (C=O) groups is 1. The van der Waals surface area contributed by atoms with Gasteiger partial charge in [0.05, 0.1) is 18.1 Å². The van der Waals surface area contributed by atoms with Crippen LogP contribution in [0.2, 0.25) is 0 Å². The Bertz CT molecular complexity index is 497. The Morgan fingerprint density at radius 3 is 2.74 bits per heavy atom. The number of thiol groups is 1. The van der Waals surface area contributed by atoms with Crippen molar-refractivity contribution >= 4 is 34.5 Å². The summed E-state index contributed by atoms with van der Waals surface area (Å²) < 4.78 is 0.890. The van der Waals surface area contributed by atoms with E-state index < -0.39 is 0 Å². The summed E-state index contributed by atoms with van der Waals surface area (Å²) in [5, 5.41) is 8.68. The number of amides is 1. The largest absolute Gasteiger partial charge is 0.337 e. The minimum atomic E-state index is -0.0681. The summed E-state index contributed by atoms with van der Waals surface area (Å²) in [5.74, 6) is 0.294. The van der Waals surface area contributed by atoms with Gasteiger partial charge in [-0.05, 0) is 24.1 Å². The van der Waals surface area contributed by atoms with Crippen LogP contribution < -0.4 is 0 Å². The number of halogens is 1. The van der Waals surface area contributed by atoms with Crippen LogP contribution in [0, 0.1) is 17.2 Å². The number of nitriles is 1. The number of rotatable bonds is 5. The number of hydrogen-bond acceptors (Lipinski definition) is 3. The normalized spacial score (nSPS) is 10.3. The zero-order chi connectivity index (χ0) is 14.4. The van der Waals surface area contributed by atoms with E-state index in [9.17, 15) is 4.79 Å². The van der Waals surface area contributed by atoms with Crippen LogP contribution in [0.4, 0.5) is 0 Å². The Kier molecular flexibility index (Phi) is 6.40. The third-order valence-electron chi connectivity index (χ3n) is 2.56. The van der Waals surface area contributed by atoms with Gasteiger partial charge >= 0.3 is 0 Å². The first-order valence-corrected chi connectivity index (χ1v) is 7.34. The first-order chi connectivity index (χ1) is 8.95. The minimum absolute atomic E-state index is 0.0681. The van der Waals surface area contributed by atoms with E-state index in [1.165, 1.54) is 0 Å². The molecule has 0 radical (unpaired) electrons. The van der Waals surface area contributed by atoms with Crippen molar-refractivity contribution in [1.29, 1.82) is 5.26 Å². The fourth-order valence-corrected chi connectivity index (χ4v) is 2.60. The van der Waals surface area contributed by atoms with Crippen molar-refractivity contribution in [2.75, 3.05) is 13.1 Å². The van der Waals surface area contributed by atoms with Crippen LogP contribution in [0.3, 0.4) is 0 Å². The van der Waals surface area contributed by atoms with Crippen LogP contribution in [0.1, 0.15) is 30.6 Å². The summed E-state index contributed by atoms with van der Waals surface area (Å²) >= 11 is 7.69. The van der Waals surface area contributed by atoms with Gasteiger partial charge in [-0.1, -0.05) is 29.8 Å². The van der Waals surface area contributed by atoms with Gasteiger partial charge in [0.25, 0.3) is 5.91 Å². The number of benzene rings is 1. The lowest BCUT2D eigenvalue weighted by Crippen LogP contribution is -2.35. The van der Waals surface area contributed by atoms with Gasteiger partial charge < -0.3 is 4.90 Å². The molecule has 0 aliphatic rings. The van der Waals surface area contributed by atoms with Crippen molar-refractivity contribution in [3.63, 3.8) is 0 Å². The van der Waals surface area contributed by atoms with Crippen LogP contribution in [0.5, 0.6) is 0 Å². The molecule has 102 valence electrons. The van der Waals surface area contributed by atoms with Crippen molar-refractivity contribution in [2.45, 2.75) is 25.2 Å². The molecule has 19 heavy (non-hydrogen) atoms. The first-order valence-electron chi connectivity index (χ1n) is 6.10. The fourth-order valence-electron chi connectivity index (χ4n) is 1.76. The van der Waals surface area contributed by atoms with E-state index in [2.05, 4.69) is 48.5 Å². The fraction of sp³-hybridized carbons (Fsp3) is 0.429. The molecule has 0 atom stereocenters. The molecule has 0 N–H and O–H groups in total. The molecule has 0 fully saturated rings. The maximum Gasteiger partial charge on any atom is 0.255 e. The minimum Gasteiger partial charge on any atom is -0.337 e. The molecule has 0 spiro atoms. The van der Waals surface area contributed by atoms with E-state index in [0.29, 0.717) is 35.9 Å². The standard InChI is InChI=1S/C14H17BrN2OS/c1-10(2)9-17(7-3-6-16)14(18)12-5-4-11(15)8-13(12)19/h4-5,8,10,19H,3,7,9H2,1-2H3. The third-order valence-corrected chi connectivity index (χ3v) is 3.42. The van der Waals surface area contributed by atoms with Crippen LogP contribution in [0.25, 0.3) is 0 Å². The summed E-state index contributed by atoms with van der Waals surface area (Å²) in [5.41, 5.74) is 0.574. The summed E-state index contributed by atoms with van der Waals surface area (Å²) in [7, 11) is 0. The number of carbonyl (C=O) groups excluding carboxylic acids is 1. The van der Waals surface area contributed by atoms with E-state index in [-0.39, 0.29) is 5.91 Å². The highest BCUT2D eigenvalue weighted by Crippen LogP contribution is 2.21. The molecular weight excluding hydrogens is 324 g/mol. The number of nitrogens with zero attached hydrogens (tertiary/aromatic N) is 2. The monoisotopic (exact) mass is 340 g/mol. The molecule has 1 aromatic rings. The van der Waals surface area contributed by atoms with Crippen molar-refractivity contribution in [3.05, 3.63) is 28.2 Å². The SMILES string of the molecule is CC(C)CN(CCC#N)C(=O)c1ccc(Br)cc1S. The second kappa shape index (κ2) is 7.56. The quantitative estimate of drug-likeness (QED) is 0.829. The highest BCUT2D eigenvalue weighted by molar-refractivity contribution is 9.10. The van der Waals surface area contributed by atoms with Crippen molar-refractivity contribution < 1.29 is 4.79 Å². The molecule has 0 aromatic heterocycles. The molecular formula is C14H17BrN2OS. The molecule has 3 nitrogen and oxygen atoms in total. The summed E-state index contributed by atoms with van der Waals surface area (Å²) in [6.07, 6.45) is 0.344. The molecule has 5 heteroatoms. The van der Waals surface area contributed by atoms with E-state index in [1.807, 2.05) is 6.07 Å². The van der Waals surface area contributed by atoms with Crippen LogP contribution >= 0.6 is 28.6 Å². The third kappa shape index (κ3) is 4.88. The van der Waals surface area contributed by atoms with Crippen molar-refractivity contribution in [2.24, 2.45) is 5.92 Å². The average Bonchev–Trinajstić information content (AvgIpc) is 2.33. The molecule has 0 saturated carbocycles. The molecule has 1 aromatic carbocycles. The van der Waals surface area contributed by atoms with Crippen LogP contribution in [-0.4, -0.2) is 23.9 Å². The zero-order valence-electron chi connectivity index (χ0n) is 11.1. The van der Waals surface area contributed by atoms with E-state index in [4.69, 9.17) is 5.26 Å². The Morgan fingerprint density at radius 1 is 1.53 bits per heavy atom. The predicted molar refractivity (Wildman–Crippen MR) is 82.4 cm³/mol. The highest BCUT2D eigenvalue weighted by atomic mass is 79.9. The Balaban J connectivity index is 2.94. The lowest BCUT2D eigenvalue weighted by molar-refractivity contribution is 0.0736. The Morgan fingerprint density at radius 2 is 2.21 bits per heavy atom. The van der Waals surface area contributed by atoms with Gasteiger partial charge in [-0.15, -0.1) is 12.6 Å². The summed E-state index contributed by atoms with van der Waals surface area (Å²) in [4.78, 5) is 14.8. The Labute approximate surface area is 128 Å². The average molecular weight is 341 g/mol. The molecule has 0 unspecified atom stereocenters.